The second-order valence-electron chi connectivity index (χ2n) is 5.73. The minimum Gasteiger partial charge on any atom is -0.466 e. The SMILES string of the molecule is COC(=O)C1=C(C#N)NC(C)=C(C(=O)OC(C)C)C1.Nc1ccccc1. The highest BCUT2D eigenvalue weighted by Gasteiger charge is 2.28. The molecule has 0 bridgehead atoms. The van der Waals surface area contributed by atoms with Gasteiger partial charge in [0.05, 0.1) is 24.4 Å². The first-order chi connectivity index (χ1) is 12.3. The third-order valence-electron chi connectivity index (χ3n) is 3.35. The predicted molar refractivity (Wildman–Crippen MR) is 97.2 cm³/mol. The van der Waals surface area contributed by atoms with Crippen molar-refractivity contribution in [2.75, 3.05) is 12.8 Å². The molecule has 0 saturated carbocycles. The zero-order valence-corrected chi connectivity index (χ0v) is 15.3. The van der Waals surface area contributed by atoms with Crippen LogP contribution in [-0.2, 0) is 19.1 Å². The van der Waals surface area contributed by atoms with Gasteiger partial charge in [0.15, 0.2) is 0 Å². The summed E-state index contributed by atoms with van der Waals surface area (Å²) in [7, 11) is 1.22. The number of carbonyl (C=O) groups excluding carboxylic acids is 2. The van der Waals surface area contributed by atoms with E-state index in [0.717, 1.165) is 5.69 Å². The second-order valence-corrected chi connectivity index (χ2v) is 5.73. The van der Waals surface area contributed by atoms with Crippen LogP contribution >= 0.6 is 0 Å². The molecule has 1 aromatic carbocycles. The van der Waals surface area contributed by atoms with Gasteiger partial charge in [-0.05, 0) is 32.9 Å². The third-order valence-corrected chi connectivity index (χ3v) is 3.35. The van der Waals surface area contributed by atoms with Gasteiger partial charge in [0.2, 0.25) is 0 Å². The van der Waals surface area contributed by atoms with E-state index in [2.05, 4.69) is 10.1 Å². The van der Waals surface area contributed by atoms with Gasteiger partial charge in [-0.3, -0.25) is 0 Å². The first-order valence-electron chi connectivity index (χ1n) is 8.00. The summed E-state index contributed by atoms with van der Waals surface area (Å²) in [6, 6.07) is 11.4. The number of nitrogen functional groups attached to an aromatic ring is 1. The Bertz CT molecular complexity index is 759. The Balaban J connectivity index is 0.000000401. The van der Waals surface area contributed by atoms with E-state index in [1.807, 2.05) is 36.4 Å². The van der Waals surface area contributed by atoms with Crippen LogP contribution < -0.4 is 11.1 Å². The number of anilines is 1. The molecule has 0 amide bonds. The average Bonchev–Trinajstić information content (AvgIpc) is 2.61. The molecule has 0 spiro atoms. The van der Waals surface area contributed by atoms with Crippen molar-refractivity contribution in [2.45, 2.75) is 33.3 Å². The molecule has 138 valence electrons. The maximum atomic E-state index is 11.9. The highest BCUT2D eigenvalue weighted by atomic mass is 16.5. The van der Waals surface area contributed by atoms with Gasteiger partial charge >= 0.3 is 11.9 Å². The van der Waals surface area contributed by atoms with E-state index >= 15 is 0 Å². The number of nitrogens with zero attached hydrogens (tertiary/aromatic N) is 1. The average molecular weight is 357 g/mol. The van der Waals surface area contributed by atoms with Gasteiger partial charge in [-0.25, -0.2) is 9.59 Å². The molecule has 7 heteroatoms. The Morgan fingerprint density at radius 1 is 1.19 bits per heavy atom. The van der Waals surface area contributed by atoms with Gasteiger partial charge in [0, 0.05) is 17.8 Å². The highest BCUT2D eigenvalue weighted by Crippen LogP contribution is 2.24. The van der Waals surface area contributed by atoms with Gasteiger partial charge in [0.1, 0.15) is 11.8 Å². The predicted octanol–water partition coefficient (Wildman–Crippen LogP) is 2.42. The largest absolute Gasteiger partial charge is 0.466 e. The molecule has 1 heterocycles. The smallest absolute Gasteiger partial charge is 0.336 e. The Hall–Kier alpha value is -3.27. The summed E-state index contributed by atoms with van der Waals surface area (Å²) in [5.41, 5.74) is 7.25. The molecule has 0 unspecified atom stereocenters. The van der Waals surface area contributed by atoms with Crippen LogP contribution in [0.25, 0.3) is 0 Å². The number of carbonyl (C=O) groups is 2. The maximum absolute atomic E-state index is 11.9. The van der Waals surface area contributed by atoms with Crippen LogP contribution in [0.15, 0.2) is 52.9 Å². The van der Waals surface area contributed by atoms with E-state index in [1.165, 1.54) is 7.11 Å². The number of rotatable bonds is 3. The topological polar surface area (TPSA) is 114 Å². The first kappa shape index (κ1) is 20.8. The normalized spacial score (nSPS) is 13.2. The van der Waals surface area contributed by atoms with Gasteiger partial charge in [-0.1, -0.05) is 18.2 Å². The van der Waals surface area contributed by atoms with Gasteiger partial charge < -0.3 is 20.5 Å². The molecule has 0 saturated heterocycles. The van der Waals surface area contributed by atoms with Crippen LogP contribution in [0.5, 0.6) is 0 Å². The summed E-state index contributed by atoms with van der Waals surface area (Å²) in [6.07, 6.45) is -0.226. The molecule has 0 radical (unpaired) electrons. The van der Waals surface area contributed by atoms with Crippen molar-refractivity contribution >= 4 is 17.6 Å². The number of benzene rings is 1. The Kier molecular flexibility index (Phi) is 7.90. The molecule has 3 N–H and O–H groups in total. The molecular weight excluding hydrogens is 334 g/mol. The van der Waals surface area contributed by atoms with Crippen molar-refractivity contribution in [1.29, 1.82) is 5.26 Å². The molecular formula is C19H23N3O4. The molecule has 7 nitrogen and oxygen atoms in total. The number of allylic oxidation sites excluding steroid dienone is 2. The fraction of sp³-hybridized carbons (Fsp3) is 0.316. The van der Waals surface area contributed by atoms with Crippen molar-refractivity contribution in [3.63, 3.8) is 0 Å². The summed E-state index contributed by atoms with van der Waals surface area (Å²) in [4.78, 5) is 23.5. The lowest BCUT2D eigenvalue weighted by Crippen LogP contribution is -2.27. The molecule has 26 heavy (non-hydrogen) atoms. The molecule has 1 aliphatic heterocycles. The quantitative estimate of drug-likeness (QED) is 0.630. The lowest BCUT2D eigenvalue weighted by molar-refractivity contribution is -0.142. The Morgan fingerprint density at radius 2 is 1.81 bits per heavy atom. The van der Waals surface area contributed by atoms with Gasteiger partial charge in [-0.15, -0.1) is 0 Å². The molecule has 0 fully saturated rings. The monoisotopic (exact) mass is 357 g/mol. The Labute approximate surface area is 153 Å². The van der Waals surface area contributed by atoms with Crippen molar-refractivity contribution in [2.24, 2.45) is 0 Å². The number of hydrogen-bond donors (Lipinski definition) is 2. The summed E-state index contributed by atoms with van der Waals surface area (Å²) in [6.45, 7) is 5.13. The number of hydrogen-bond acceptors (Lipinski definition) is 7. The van der Waals surface area contributed by atoms with Crippen LogP contribution in [0, 0.1) is 11.3 Å². The van der Waals surface area contributed by atoms with Crippen LogP contribution in [0.3, 0.4) is 0 Å². The van der Waals surface area contributed by atoms with Crippen LogP contribution in [0.2, 0.25) is 0 Å². The molecule has 0 aromatic heterocycles. The summed E-state index contributed by atoms with van der Waals surface area (Å²) < 4.78 is 9.70. The zero-order chi connectivity index (χ0) is 19.7. The molecule has 2 rings (SSSR count). The lowest BCUT2D eigenvalue weighted by Gasteiger charge is -2.21. The lowest BCUT2D eigenvalue weighted by atomic mass is 9.98. The van der Waals surface area contributed by atoms with E-state index < -0.39 is 11.9 Å². The van der Waals surface area contributed by atoms with Crippen molar-refractivity contribution in [3.05, 3.63) is 52.9 Å². The minimum absolute atomic E-state index is 0.0277. The second kappa shape index (κ2) is 9.89. The van der Waals surface area contributed by atoms with Crippen molar-refractivity contribution in [1.82, 2.24) is 5.32 Å². The van der Waals surface area contributed by atoms with Crippen LogP contribution in [0.4, 0.5) is 5.69 Å². The van der Waals surface area contributed by atoms with E-state index in [9.17, 15) is 9.59 Å². The third kappa shape index (κ3) is 5.98. The molecule has 0 atom stereocenters. The molecule has 0 aliphatic carbocycles. The van der Waals surface area contributed by atoms with Gasteiger partial charge in [-0.2, -0.15) is 5.26 Å². The fourth-order valence-electron chi connectivity index (χ4n) is 2.09. The summed E-state index contributed by atoms with van der Waals surface area (Å²) >= 11 is 0. The van der Waals surface area contributed by atoms with E-state index in [1.54, 1.807) is 20.8 Å². The molecule has 1 aliphatic rings. The zero-order valence-electron chi connectivity index (χ0n) is 15.3. The number of dihydropyridines is 1. The van der Waals surface area contributed by atoms with Crippen LogP contribution in [0.1, 0.15) is 27.2 Å². The number of esters is 2. The van der Waals surface area contributed by atoms with E-state index in [4.69, 9.17) is 15.7 Å². The number of ether oxygens (including phenoxy) is 2. The van der Waals surface area contributed by atoms with Crippen molar-refractivity contribution in [3.8, 4) is 6.07 Å². The number of methoxy groups -OCH3 is 1. The summed E-state index contributed by atoms with van der Waals surface area (Å²) in [5, 5.41) is 11.7. The number of para-hydroxylation sites is 1. The standard InChI is InChI=1S/C13H16N2O4.C6H7N/c1-7(2)19-13(17)9-5-10(12(16)18-4)11(6-14)15-8(9)3;7-6-4-2-1-3-5-6/h7,15H,5H2,1-4H3;1-5H,7H2. The molecule has 1 aromatic rings. The van der Waals surface area contributed by atoms with Gasteiger partial charge in [0.25, 0.3) is 0 Å². The summed E-state index contributed by atoms with van der Waals surface area (Å²) in [5.74, 6) is -1.13. The number of nitrogens with one attached hydrogen (secondary N) is 1. The van der Waals surface area contributed by atoms with E-state index in [-0.39, 0.29) is 23.8 Å². The number of nitrogens with two attached hydrogens (primary N) is 1. The highest BCUT2D eigenvalue weighted by molar-refractivity contribution is 5.97. The maximum Gasteiger partial charge on any atom is 0.336 e. The number of nitriles is 1. The van der Waals surface area contributed by atoms with Crippen molar-refractivity contribution < 1.29 is 19.1 Å². The minimum atomic E-state index is -0.633. The van der Waals surface area contributed by atoms with Crippen LogP contribution in [-0.4, -0.2) is 25.2 Å². The van der Waals surface area contributed by atoms with E-state index in [0.29, 0.717) is 11.3 Å². The first-order valence-corrected chi connectivity index (χ1v) is 8.00. The fourth-order valence-corrected chi connectivity index (χ4v) is 2.09. The Morgan fingerprint density at radius 3 is 2.23 bits per heavy atom.